The van der Waals surface area contributed by atoms with Crippen LogP contribution in [0.4, 0.5) is 5.82 Å². The number of rotatable bonds is 10. The molecule has 0 aliphatic carbocycles. The van der Waals surface area contributed by atoms with Crippen molar-refractivity contribution in [2.45, 2.75) is 25.3 Å². The predicted octanol–water partition coefficient (Wildman–Crippen LogP) is 4.42. The van der Waals surface area contributed by atoms with Gasteiger partial charge in [-0.1, -0.05) is 42.5 Å². The van der Waals surface area contributed by atoms with Gasteiger partial charge in [0, 0.05) is 38.5 Å². The van der Waals surface area contributed by atoms with Crippen molar-refractivity contribution in [1.82, 2.24) is 4.98 Å². The van der Waals surface area contributed by atoms with Crippen molar-refractivity contribution >= 4 is 11.7 Å². The number of carbonyl (C=O) groups is 1. The Morgan fingerprint density at radius 1 is 0.946 bits per heavy atom. The fourth-order valence-corrected chi connectivity index (χ4v) is 4.45. The molecule has 5 rings (SSSR count). The van der Waals surface area contributed by atoms with Gasteiger partial charge >= 0.3 is 11.7 Å². The van der Waals surface area contributed by atoms with Crippen molar-refractivity contribution in [3.05, 3.63) is 102 Å². The third-order valence-corrected chi connectivity index (χ3v) is 6.37. The number of ether oxygens (including phenoxy) is 2. The minimum atomic E-state index is -0.418. The molecule has 2 heterocycles. The monoisotopic (exact) mass is 496 g/mol. The van der Waals surface area contributed by atoms with Crippen molar-refractivity contribution < 1.29 is 23.9 Å². The molecule has 1 aliphatic rings. The Labute approximate surface area is 216 Å². The van der Waals surface area contributed by atoms with Crippen molar-refractivity contribution in [3.8, 4) is 22.8 Å². The van der Waals surface area contributed by atoms with Crippen LogP contribution >= 0.6 is 0 Å². The van der Waals surface area contributed by atoms with E-state index in [1.807, 2.05) is 60.8 Å². The lowest BCUT2D eigenvalue weighted by atomic mass is 10.1. The summed E-state index contributed by atoms with van der Waals surface area (Å²) >= 11 is 0. The minimum absolute atomic E-state index is 0.0286. The van der Waals surface area contributed by atoms with E-state index in [9.17, 15) is 9.90 Å². The molecule has 3 aromatic carbocycles. The molecule has 0 saturated carbocycles. The number of aromatic hydroxyl groups is 1. The standard InChI is InChI=1S/C30H29N3O4/c1-36-16-5-17-37-25-14-10-23(11-15-25)28-20-33-29(26(31-28)18-21-6-3-2-4-7-21)32-27(30(33)35)19-22-8-12-24(34)13-9-22/h2-4,6-15,20,27,34H,5,16-19H2,1H3/p+1. The van der Waals surface area contributed by atoms with Crippen LogP contribution in [0.5, 0.6) is 11.5 Å². The molecule has 1 unspecified atom stereocenters. The first-order chi connectivity index (χ1) is 18.1. The minimum Gasteiger partial charge on any atom is -0.508 e. The fraction of sp³-hybridized carbons (Fsp3) is 0.233. The smallest absolute Gasteiger partial charge is 0.359 e. The summed E-state index contributed by atoms with van der Waals surface area (Å²) in [5, 5.41) is 13.0. The number of carbonyl (C=O) groups excluding carboxylic acids is 1. The van der Waals surface area contributed by atoms with Crippen molar-refractivity contribution in [1.29, 1.82) is 0 Å². The van der Waals surface area contributed by atoms with Gasteiger partial charge in [-0.15, -0.1) is 0 Å². The molecule has 7 nitrogen and oxygen atoms in total. The van der Waals surface area contributed by atoms with Crippen LogP contribution in [0, 0.1) is 0 Å². The summed E-state index contributed by atoms with van der Waals surface area (Å²) in [7, 11) is 1.68. The van der Waals surface area contributed by atoms with Gasteiger partial charge in [-0.3, -0.25) is 5.32 Å². The molecule has 0 radical (unpaired) electrons. The number of aromatic nitrogens is 2. The molecule has 37 heavy (non-hydrogen) atoms. The van der Waals surface area contributed by atoms with Gasteiger partial charge in [0.2, 0.25) is 0 Å². The van der Waals surface area contributed by atoms with Crippen LogP contribution < -0.4 is 14.6 Å². The number of anilines is 1. The van der Waals surface area contributed by atoms with E-state index < -0.39 is 6.04 Å². The van der Waals surface area contributed by atoms with Crippen molar-refractivity contribution in [3.63, 3.8) is 0 Å². The molecule has 0 saturated heterocycles. The lowest BCUT2D eigenvalue weighted by molar-refractivity contribution is -0.552. The van der Waals surface area contributed by atoms with Gasteiger partial charge in [-0.25, -0.2) is 9.78 Å². The predicted molar refractivity (Wildman–Crippen MR) is 141 cm³/mol. The molecular formula is C30H30N3O4+. The highest BCUT2D eigenvalue weighted by Gasteiger charge is 2.41. The van der Waals surface area contributed by atoms with E-state index in [0.717, 1.165) is 46.1 Å². The molecule has 1 aromatic heterocycles. The van der Waals surface area contributed by atoms with Crippen LogP contribution in [0.15, 0.2) is 85.1 Å². The zero-order chi connectivity index (χ0) is 25.6. The Morgan fingerprint density at radius 2 is 1.70 bits per heavy atom. The average molecular weight is 497 g/mol. The summed E-state index contributed by atoms with van der Waals surface area (Å²) in [4.78, 5) is 18.5. The maximum absolute atomic E-state index is 13.5. The first kappa shape index (κ1) is 24.5. The SMILES string of the molecule is COCCCOc1ccc(-c2c[n+]3c(c(Cc4ccccc4)n2)NC(Cc2ccc(O)cc2)C3=O)cc1. The van der Waals surface area contributed by atoms with Gasteiger partial charge in [-0.05, 0) is 47.5 Å². The number of hydrogen-bond donors (Lipinski definition) is 2. The van der Waals surface area contributed by atoms with E-state index in [1.165, 1.54) is 0 Å². The largest absolute Gasteiger partial charge is 0.508 e. The molecule has 2 N–H and O–H groups in total. The van der Waals surface area contributed by atoms with Crippen LogP contribution in [-0.2, 0) is 17.6 Å². The van der Waals surface area contributed by atoms with Gasteiger partial charge in [0.05, 0.1) is 6.61 Å². The van der Waals surface area contributed by atoms with Crippen LogP contribution in [0.2, 0.25) is 0 Å². The zero-order valence-corrected chi connectivity index (χ0v) is 20.8. The molecule has 7 heteroatoms. The highest BCUT2D eigenvalue weighted by molar-refractivity contribution is 5.82. The molecule has 1 aliphatic heterocycles. The molecular weight excluding hydrogens is 466 g/mol. The number of methoxy groups -OCH3 is 1. The topological polar surface area (TPSA) is 84.6 Å². The van der Waals surface area contributed by atoms with Gasteiger partial charge in [-0.2, -0.15) is 4.57 Å². The summed E-state index contributed by atoms with van der Waals surface area (Å²) in [5.74, 6) is 1.68. The van der Waals surface area contributed by atoms with Gasteiger partial charge < -0.3 is 14.6 Å². The van der Waals surface area contributed by atoms with Crippen molar-refractivity contribution in [2.75, 3.05) is 25.6 Å². The van der Waals surface area contributed by atoms with E-state index in [4.69, 9.17) is 14.5 Å². The molecule has 188 valence electrons. The van der Waals surface area contributed by atoms with Crippen LogP contribution in [0.25, 0.3) is 11.3 Å². The Hall–Kier alpha value is -4.23. The second-order valence-corrected chi connectivity index (χ2v) is 9.08. The maximum Gasteiger partial charge on any atom is 0.359 e. The number of hydrogen-bond acceptors (Lipinski definition) is 6. The Morgan fingerprint density at radius 3 is 2.43 bits per heavy atom. The normalized spacial score (nSPS) is 14.3. The Balaban J connectivity index is 1.43. The zero-order valence-electron chi connectivity index (χ0n) is 20.8. The first-order valence-corrected chi connectivity index (χ1v) is 12.4. The number of nitrogens with one attached hydrogen (secondary N) is 1. The summed E-state index contributed by atoms with van der Waals surface area (Å²) in [6, 6.07) is 24.4. The van der Waals surface area contributed by atoms with Gasteiger partial charge in [0.15, 0.2) is 6.04 Å². The van der Waals surface area contributed by atoms with E-state index in [1.54, 1.807) is 23.8 Å². The quantitative estimate of drug-likeness (QED) is 0.250. The molecule has 4 aromatic rings. The van der Waals surface area contributed by atoms with Crippen LogP contribution in [0.3, 0.4) is 0 Å². The number of nitrogens with zero attached hydrogens (tertiary/aromatic N) is 2. The van der Waals surface area contributed by atoms with E-state index >= 15 is 0 Å². The Bertz CT molecular complexity index is 1360. The third-order valence-electron chi connectivity index (χ3n) is 6.37. The summed E-state index contributed by atoms with van der Waals surface area (Å²) < 4.78 is 12.5. The van der Waals surface area contributed by atoms with Crippen LogP contribution in [0.1, 0.15) is 28.0 Å². The van der Waals surface area contributed by atoms with E-state index in [0.29, 0.717) is 26.1 Å². The van der Waals surface area contributed by atoms with Gasteiger partial charge in [0.25, 0.3) is 0 Å². The summed E-state index contributed by atoms with van der Waals surface area (Å²) in [6.07, 6.45) is 3.74. The number of fused-ring (bicyclic) bond motifs is 1. The molecule has 1 atom stereocenters. The van der Waals surface area contributed by atoms with E-state index in [2.05, 4.69) is 17.4 Å². The summed E-state index contributed by atoms with van der Waals surface area (Å²) in [6.45, 7) is 1.25. The molecule has 0 spiro atoms. The summed E-state index contributed by atoms with van der Waals surface area (Å²) in [5.41, 5.74) is 4.52. The van der Waals surface area contributed by atoms with Crippen LogP contribution in [-0.4, -0.2) is 42.4 Å². The maximum atomic E-state index is 13.5. The second-order valence-electron chi connectivity index (χ2n) is 9.08. The molecule has 0 amide bonds. The highest BCUT2D eigenvalue weighted by atomic mass is 16.5. The molecule has 0 bridgehead atoms. The molecule has 0 fully saturated rings. The number of phenolic OH excluding ortho intramolecular Hbond substituents is 1. The number of benzene rings is 3. The fourth-order valence-electron chi connectivity index (χ4n) is 4.45. The highest BCUT2D eigenvalue weighted by Crippen LogP contribution is 2.26. The van der Waals surface area contributed by atoms with E-state index in [-0.39, 0.29) is 11.7 Å². The average Bonchev–Trinajstić information content (AvgIpc) is 3.24. The third kappa shape index (κ3) is 5.78. The Kier molecular flexibility index (Phi) is 7.42. The van der Waals surface area contributed by atoms with Gasteiger partial charge in [0.1, 0.15) is 29.1 Å². The second kappa shape index (κ2) is 11.2. The number of phenols is 1. The van der Waals surface area contributed by atoms with Crippen molar-refractivity contribution in [2.24, 2.45) is 0 Å². The lowest BCUT2D eigenvalue weighted by Crippen LogP contribution is -2.44. The lowest BCUT2D eigenvalue weighted by Gasteiger charge is -2.09. The first-order valence-electron chi connectivity index (χ1n) is 12.4.